The second-order valence-electron chi connectivity index (χ2n) is 3.38. The molecule has 3 nitrogen and oxygen atoms in total. The molecule has 3 heteroatoms. The van der Waals surface area contributed by atoms with E-state index in [-0.39, 0.29) is 0 Å². The molecule has 0 aliphatic rings. The third-order valence-electron chi connectivity index (χ3n) is 2.03. The van der Waals surface area contributed by atoms with Gasteiger partial charge < -0.3 is 5.73 Å². The summed E-state index contributed by atoms with van der Waals surface area (Å²) in [6.07, 6.45) is 2.21. The quantitative estimate of drug-likeness (QED) is 0.430. The van der Waals surface area contributed by atoms with Crippen LogP contribution < -0.4 is 11.2 Å². The number of unbranched alkanes of at least 4 members (excludes halogenated alkanes) is 1. The van der Waals surface area contributed by atoms with Gasteiger partial charge in [-0.15, -0.1) is 0 Å². The Morgan fingerprint density at radius 3 is 2.86 bits per heavy atom. The van der Waals surface area contributed by atoms with E-state index in [1.807, 2.05) is 25.1 Å². The molecule has 0 aliphatic heterocycles. The van der Waals surface area contributed by atoms with E-state index in [2.05, 4.69) is 12.4 Å². The van der Waals surface area contributed by atoms with Gasteiger partial charge in [0, 0.05) is 5.69 Å². The smallest absolute Gasteiger partial charge is 0.0745 e. The van der Waals surface area contributed by atoms with E-state index < -0.39 is 0 Å². The Morgan fingerprint density at radius 1 is 1.43 bits per heavy atom. The topological polar surface area (TPSA) is 47.3 Å². The van der Waals surface area contributed by atoms with Crippen LogP contribution in [0.5, 0.6) is 0 Å². The highest BCUT2D eigenvalue weighted by atomic mass is 16.6. The number of aryl methyl sites for hydroxylation is 1. The van der Waals surface area contributed by atoms with Gasteiger partial charge in [-0.3, -0.25) is 10.3 Å². The number of nitrogen functional groups attached to an aromatic ring is 1. The van der Waals surface area contributed by atoms with Crippen LogP contribution in [-0.2, 0) is 4.84 Å². The molecule has 14 heavy (non-hydrogen) atoms. The molecule has 0 amide bonds. The Labute approximate surface area is 85.2 Å². The Bertz CT molecular complexity index is 287. The molecule has 78 valence electrons. The van der Waals surface area contributed by atoms with Crippen molar-refractivity contribution in [3.63, 3.8) is 0 Å². The summed E-state index contributed by atoms with van der Waals surface area (Å²) in [6.45, 7) is 4.88. The molecular weight excluding hydrogens is 176 g/mol. The molecule has 0 atom stereocenters. The lowest BCUT2D eigenvalue weighted by molar-refractivity contribution is 0.189. The van der Waals surface area contributed by atoms with Gasteiger partial charge >= 0.3 is 0 Å². The molecule has 3 N–H and O–H groups in total. The van der Waals surface area contributed by atoms with Gasteiger partial charge in [-0.25, -0.2) is 0 Å². The van der Waals surface area contributed by atoms with Crippen LogP contribution in [0.2, 0.25) is 0 Å². The van der Waals surface area contributed by atoms with Gasteiger partial charge in [0.05, 0.1) is 12.3 Å². The van der Waals surface area contributed by atoms with Gasteiger partial charge in [-0.05, 0) is 37.1 Å². The van der Waals surface area contributed by atoms with Gasteiger partial charge in [-0.1, -0.05) is 13.3 Å². The number of rotatable bonds is 5. The summed E-state index contributed by atoms with van der Waals surface area (Å²) in [5.41, 5.74) is 11.4. The molecule has 0 heterocycles. The molecule has 0 saturated heterocycles. The van der Waals surface area contributed by atoms with Crippen molar-refractivity contribution in [1.29, 1.82) is 0 Å². The van der Waals surface area contributed by atoms with Crippen molar-refractivity contribution in [1.82, 2.24) is 0 Å². The Balaban J connectivity index is 2.42. The number of hydrogen-bond donors (Lipinski definition) is 2. The minimum Gasteiger partial charge on any atom is -0.399 e. The predicted molar refractivity (Wildman–Crippen MR) is 60.1 cm³/mol. The van der Waals surface area contributed by atoms with Crippen LogP contribution in [0.15, 0.2) is 18.2 Å². The molecule has 0 aromatic heterocycles. The molecule has 0 unspecified atom stereocenters. The molecule has 0 radical (unpaired) electrons. The van der Waals surface area contributed by atoms with Gasteiger partial charge in [0.2, 0.25) is 0 Å². The minimum absolute atomic E-state index is 0.736. The van der Waals surface area contributed by atoms with Crippen LogP contribution in [0.25, 0.3) is 0 Å². The summed E-state index contributed by atoms with van der Waals surface area (Å²) in [5, 5.41) is 0. The lowest BCUT2D eigenvalue weighted by Gasteiger charge is -2.09. The van der Waals surface area contributed by atoms with Crippen LogP contribution in [0.4, 0.5) is 11.4 Å². The van der Waals surface area contributed by atoms with Crippen molar-refractivity contribution in [2.24, 2.45) is 0 Å². The highest BCUT2D eigenvalue weighted by molar-refractivity contribution is 5.56. The van der Waals surface area contributed by atoms with Crippen molar-refractivity contribution in [3.05, 3.63) is 23.8 Å². The van der Waals surface area contributed by atoms with E-state index in [0.29, 0.717) is 0 Å². The number of nitrogens with two attached hydrogens (primary N) is 1. The van der Waals surface area contributed by atoms with E-state index in [9.17, 15) is 0 Å². The Morgan fingerprint density at radius 2 is 2.21 bits per heavy atom. The molecule has 0 fully saturated rings. The summed E-state index contributed by atoms with van der Waals surface area (Å²) < 4.78 is 0. The normalized spacial score (nSPS) is 10.1. The molecule has 0 saturated carbocycles. The predicted octanol–water partition coefficient (Wildman–Crippen LogP) is 2.72. The van der Waals surface area contributed by atoms with Crippen molar-refractivity contribution in [3.8, 4) is 0 Å². The van der Waals surface area contributed by atoms with E-state index in [1.165, 1.54) is 0 Å². The molecule has 1 aromatic carbocycles. The lowest BCUT2D eigenvalue weighted by atomic mass is 10.2. The van der Waals surface area contributed by atoms with Crippen molar-refractivity contribution < 1.29 is 4.84 Å². The van der Waals surface area contributed by atoms with Crippen molar-refractivity contribution in [2.45, 2.75) is 26.7 Å². The largest absolute Gasteiger partial charge is 0.399 e. The van der Waals surface area contributed by atoms with Crippen LogP contribution in [0.3, 0.4) is 0 Å². The Hall–Kier alpha value is -1.22. The van der Waals surface area contributed by atoms with Gasteiger partial charge in [0.25, 0.3) is 0 Å². The fraction of sp³-hybridized carbons (Fsp3) is 0.455. The number of anilines is 2. The lowest BCUT2D eigenvalue weighted by Crippen LogP contribution is -2.04. The summed E-state index contributed by atoms with van der Waals surface area (Å²) in [6, 6.07) is 5.71. The maximum absolute atomic E-state index is 5.64. The molecule has 0 aliphatic carbocycles. The second kappa shape index (κ2) is 5.50. The van der Waals surface area contributed by atoms with Crippen LogP contribution in [0, 0.1) is 6.92 Å². The van der Waals surface area contributed by atoms with Gasteiger partial charge in [0.1, 0.15) is 0 Å². The Kier molecular flexibility index (Phi) is 4.26. The zero-order valence-electron chi connectivity index (χ0n) is 8.84. The van der Waals surface area contributed by atoms with Crippen molar-refractivity contribution >= 4 is 11.4 Å². The maximum Gasteiger partial charge on any atom is 0.0745 e. The van der Waals surface area contributed by atoms with Crippen molar-refractivity contribution in [2.75, 3.05) is 17.8 Å². The first-order valence-corrected chi connectivity index (χ1v) is 4.98. The maximum atomic E-state index is 5.64. The fourth-order valence-electron chi connectivity index (χ4n) is 1.15. The molecule has 1 aromatic rings. The van der Waals surface area contributed by atoms with E-state index in [4.69, 9.17) is 10.6 Å². The van der Waals surface area contributed by atoms with Crippen LogP contribution in [0.1, 0.15) is 25.3 Å². The standard InChI is InChI=1S/C11H18N2O/c1-3-4-7-14-13-11-6-5-10(12)8-9(11)2/h5-6,8,13H,3-4,7,12H2,1-2H3. The first-order chi connectivity index (χ1) is 6.74. The average molecular weight is 194 g/mol. The monoisotopic (exact) mass is 194 g/mol. The van der Waals surface area contributed by atoms with E-state index >= 15 is 0 Å². The minimum atomic E-state index is 0.736. The average Bonchev–Trinajstić information content (AvgIpc) is 2.15. The van der Waals surface area contributed by atoms with Crippen LogP contribution >= 0.6 is 0 Å². The first-order valence-electron chi connectivity index (χ1n) is 4.98. The third kappa shape index (κ3) is 3.26. The SMILES string of the molecule is CCCCONc1ccc(N)cc1C. The number of benzene rings is 1. The summed E-state index contributed by atoms with van der Waals surface area (Å²) in [5.74, 6) is 0. The molecule has 0 bridgehead atoms. The van der Waals surface area contributed by atoms with E-state index in [1.54, 1.807) is 0 Å². The third-order valence-corrected chi connectivity index (χ3v) is 2.03. The second-order valence-corrected chi connectivity index (χ2v) is 3.38. The highest BCUT2D eigenvalue weighted by Gasteiger charge is 1.97. The van der Waals surface area contributed by atoms with E-state index in [0.717, 1.165) is 36.4 Å². The van der Waals surface area contributed by atoms with Crippen LogP contribution in [-0.4, -0.2) is 6.61 Å². The zero-order chi connectivity index (χ0) is 10.4. The summed E-state index contributed by atoms with van der Waals surface area (Å²) in [7, 11) is 0. The number of nitrogens with one attached hydrogen (secondary N) is 1. The first kappa shape index (κ1) is 10.9. The fourth-order valence-corrected chi connectivity index (χ4v) is 1.15. The highest BCUT2D eigenvalue weighted by Crippen LogP contribution is 2.17. The summed E-state index contributed by atoms with van der Waals surface area (Å²) >= 11 is 0. The summed E-state index contributed by atoms with van der Waals surface area (Å²) in [4.78, 5) is 5.29. The zero-order valence-corrected chi connectivity index (χ0v) is 8.84. The van der Waals surface area contributed by atoms with Gasteiger partial charge in [-0.2, -0.15) is 0 Å². The number of hydrogen-bond acceptors (Lipinski definition) is 3. The molecular formula is C11H18N2O. The molecule has 1 rings (SSSR count). The molecule has 0 spiro atoms. The van der Waals surface area contributed by atoms with Gasteiger partial charge in [0.15, 0.2) is 0 Å².